The molecule has 1 aromatic rings. The van der Waals surface area contributed by atoms with Crippen LogP contribution in [0.1, 0.15) is 18.6 Å². The highest BCUT2D eigenvalue weighted by molar-refractivity contribution is 5.60. The van der Waals surface area contributed by atoms with E-state index in [1.54, 1.807) is 6.92 Å². The summed E-state index contributed by atoms with van der Waals surface area (Å²) < 4.78 is 15.6. The van der Waals surface area contributed by atoms with Crippen LogP contribution in [0.2, 0.25) is 0 Å². The van der Waals surface area contributed by atoms with Gasteiger partial charge in [0.15, 0.2) is 6.10 Å². The number of rotatable bonds is 3. The fourth-order valence-electron chi connectivity index (χ4n) is 1.84. The lowest BCUT2D eigenvalue weighted by Crippen LogP contribution is -2.28. The van der Waals surface area contributed by atoms with E-state index in [-0.39, 0.29) is 6.10 Å². The number of hydrogen-bond donors (Lipinski definition) is 0. The van der Waals surface area contributed by atoms with Crippen LogP contribution in [0.5, 0.6) is 0 Å². The summed E-state index contributed by atoms with van der Waals surface area (Å²) >= 11 is 0. The first-order chi connectivity index (χ1) is 8.81. The van der Waals surface area contributed by atoms with Crippen molar-refractivity contribution in [2.24, 2.45) is 0 Å². The van der Waals surface area contributed by atoms with E-state index >= 15 is 0 Å². The van der Waals surface area contributed by atoms with Gasteiger partial charge in [-0.3, -0.25) is 0 Å². The molecule has 2 rings (SSSR count). The molecule has 0 unspecified atom stereocenters. The summed E-state index contributed by atoms with van der Waals surface area (Å²) in [6, 6.07) is 9.69. The molecule has 4 nitrogen and oxygen atoms in total. The van der Waals surface area contributed by atoms with Crippen LogP contribution in [0.4, 0.5) is 4.79 Å². The molecule has 0 saturated heterocycles. The van der Waals surface area contributed by atoms with Gasteiger partial charge in [-0.25, -0.2) is 4.79 Å². The maximum absolute atomic E-state index is 11.4. The first kappa shape index (κ1) is 12.6. The van der Waals surface area contributed by atoms with E-state index < -0.39 is 12.3 Å². The average molecular weight is 248 g/mol. The number of ether oxygens (including phenoxy) is 3. The van der Waals surface area contributed by atoms with Gasteiger partial charge in [-0.05, 0) is 18.6 Å². The van der Waals surface area contributed by atoms with Crippen LogP contribution in [0, 0.1) is 0 Å². The molecule has 1 heterocycles. The zero-order chi connectivity index (χ0) is 12.8. The van der Waals surface area contributed by atoms with Crippen molar-refractivity contribution in [1.82, 2.24) is 0 Å². The lowest BCUT2D eigenvalue weighted by molar-refractivity contribution is -0.0464. The number of carbonyl (C=O) groups excluding carboxylic acids is 1. The third kappa shape index (κ3) is 3.11. The van der Waals surface area contributed by atoms with Crippen LogP contribution in [0.3, 0.4) is 0 Å². The average Bonchev–Trinajstić information content (AvgIpc) is 2.40. The molecule has 0 radical (unpaired) electrons. The van der Waals surface area contributed by atoms with Gasteiger partial charge in [-0.1, -0.05) is 36.4 Å². The minimum absolute atomic E-state index is 0.277. The smallest absolute Gasteiger partial charge is 0.435 e. The Bertz CT molecular complexity index is 413. The lowest BCUT2D eigenvalue weighted by Gasteiger charge is -2.27. The Hall–Kier alpha value is -1.81. The Kier molecular flexibility index (Phi) is 4.36. The fraction of sp³-hybridized carbons (Fsp3) is 0.357. The molecular formula is C14H16O4. The van der Waals surface area contributed by atoms with Crippen LogP contribution < -0.4 is 0 Å². The van der Waals surface area contributed by atoms with Crippen molar-refractivity contribution in [2.45, 2.75) is 19.1 Å². The zero-order valence-electron chi connectivity index (χ0n) is 10.2. The van der Waals surface area contributed by atoms with E-state index in [1.165, 1.54) is 0 Å². The van der Waals surface area contributed by atoms with Crippen LogP contribution in [-0.4, -0.2) is 25.5 Å². The summed E-state index contributed by atoms with van der Waals surface area (Å²) in [4.78, 5) is 11.4. The van der Waals surface area contributed by atoms with Gasteiger partial charge in [-0.15, -0.1) is 0 Å². The highest BCUT2D eigenvalue weighted by atomic mass is 16.7. The van der Waals surface area contributed by atoms with Crippen molar-refractivity contribution in [3.8, 4) is 0 Å². The second-order valence-corrected chi connectivity index (χ2v) is 3.86. The summed E-state index contributed by atoms with van der Waals surface area (Å²) in [6.07, 6.45) is 2.28. The normalized spacial score (nSPS) is 22.5. The van der Waals surface area contributed by atoms with Crippen molar-refractivity contribution >= 4 is 6.16 Å². The molecule has 0 aliphatic carbocycles. The Balaban J connectivity index is 2.08. The van der Waals surface area contributed by atoms with E-state index in [1.807, 2.05) is 42.5 Å². The molecule has 0 bridgehead atoms. The van der Waals surface area contributed by atoms with Crippen molar-refractivity contribution in [1.29, 1.82) is 0 Å². The second-order valence-electron chi connectivity index (χ2n) is 3.86. The van der Waals surface area contributed by atoms with Gasteiger partial charge in [0, 0.05) is 0 Å². The molecule has 1 aromatic carbocycles. The Labute approximate surface area is 106 Å². The molecule has 2 atom stereocenters. The third-order valence-corrected chi connectivity index (χ3v) is 2.62. The summed E-state index contributed by atoms with van der Waals surface area (Å²) in [6.45, 7) is 2.55. The van der Waals surface area contributed by atoms with Crippen molar-refractivity contribution in [2.75, 3.05) is 13.2 Å². The van der Waals surface area contributed by atoms with Crippen molar-refractivity contribution in [3.05, 3.63) is 48.0 Å². The van der Waals surface area contributed by atoms with E-state index in [0.29, 0.717) is 13.2 Å². The first-order valence-electron chi connectivity index (χ1n) is 5.98. The molecule has 18 heavy (non-hydrogen) atoms. The highest BCUT2D eigenvalue weighted by Gasteiger charge is 2.27. The van der Waals surface area contributed by atoms with Gasteiger partial charge in [0.05, 0.1) is 13.2 Å². The van der Waals surface area contributed by atoms with E-state index in [4.69, 9.17) is 14.2 Å². The molecule has 0 N–H and O–H groups in total. The molecule has 0 spiro atoms. The predicted molar refractivity (Wildman–Crippen MR) is 66.2 cm³/mol. The van der Waals surface area contributed by atoms with Crippen molar-refractivity contribution in [3.63, 3.8) is 0 Å². The minimum Gasteiger partial charge on any atom is -0.435 e. The number of hydrogen-bond acceptors (Lipinski definition) is 4. The topological polar surface area (TPSA) is 44.8 Å². The highest BCUT2D eigenvalue weighted by Crippen LogP contribution is 2.27. The molecule has 0 saturated carbocycles. The van der Waals surface area contributed by atoms with Crippen molar-refractivity contribution < 1.29 is 19.0 Å². The Morgan fingerprint density at radius 3 is 2.89 bits per heavy atom. The lowest BCUT2D eigenvalue weighted by atomic mass is 10.0. The molecule has 0 aromatic heterocycles. The van der Waals surface area contributed by atoms with Gasteiger partial charge in [0.1, 0.15) is 6.10 Å². The van der Waals surface area contributed by atoms with Gasteiger partial charge in [0.25, 0.3) is 0 Å². The van der Waals surface area contributed by atoms with Crippen LogP contribution in [0.25, 0.3) is 0 Å². The van der Waals surface area contributed by atoms with Crippen LogP contribution in [0.15, 0.2) is 42.5 Å². The quantitative estimate of drug-likeness (QED) is 0.609. The van der Waals surface area contributed by atoms with E-state index in [2.05, 4.69) is 0 Å². The fourth-order valence-corrected chi connectivity index (χ4v) is 1.84. The summed E-state index contributed by atoms with van der Waals surface area (Å²) in [5.41, 5.74) is 0.983. The van der Waals surface area contributed by atoms with Gasteiger partial charge in [-0.2, -0.15) is 0 Å². The third-order valence-electron chi connectivity index (χ3n) is 2.62. The molecule has 0 amide bonds. The molecule has 96 valence electrons. The minimum atomic E-state index is -0.668. The summed E-state index contributed by atoms with van der Waals surface area (Å²) in [5, 5.41) is 0. The molecule has 0 fully saturated rings. The zero-order valence-corrected chi connectivity index (χ0v) is 10.2. The second kappa shape index (κ2) is 6.21. The first-order valence-corrected chi connectivity index (χ1v) is 5.98. The Morgan fingerprint density at radius 2 is 2.17 bits per heavy atom. The van der Waals surface area contributed by atoms with Crippen LogP contribution >= 0.6 is 0 Å². The number of benzene rings is 1. The largest absolute Gasteiger partial charge is 0.508 e. The maximum atomic E-state index is 11.4. The van der Waals surface area contributed by atoms with Gasteiger partial charge >= 0.3 is 6.16 Å². The van der Waals surface area contributed by atoms with Gasteiger partial charge < -0.3 is 14.2 Å². The maximum Gasteiger partial charge on any atom is 0.508 e. The van der Waals surface area contributed by atoms with Gasteiger partial charge in [0.2, 0.25) is 0 Å². The number of carbonyl (C=O) groups is 1. The summed E-state index contributed by atoms with van der Waals surface area (Å²) in [5.74, 6) is 0. The monoisotopic (exact) mass is 248 g/mol. The van der Waals surface area contributed by atoms with Crippen LogP contribution in [-0.2, 0) is 14.2 Å². The molecule has 4 heteroatoms. The predicted octanol–water partition coefficient (Wildman–Crippen LogP) is 2.86. The van der Waals surface area contributed by atoms with E-state index in [9.17, 15) is 4.79 Å². The molecule has 1 aliphatic heterocycles. The molecule has 1 aliphatic rings. The molecular weight excluding hydrogens is 232 g/mol. The van der Waals surface area contributed by atoms with E-state index in [0.717, 1.165) is 5.56 Å². The standard InChI is InChI=1S/C14H16O4/c1-2-16-14(15)18-12-9-6-10-17-13(12)11-7-4-3-5-8-11/h3-9,12-13H,2,10H2,1H3/t12-,13-/m1/s1. The summed E-state index contributed by atoms with van der Waals surface area (Å²) in [7, 11) is 0. The Morgan fingerprint density at radius 1 is 1.39 bits per heavy atom. The SMILES string of the molecule is CCOC(=O)O[C@@H]1C=CCO[C@@H]1c1ccccc1.